The highest BCUT2D eigenvalue weighted by molar-refractivity contribution is 5.36. The predicted molar refractivity (Wildman–Crippen MR) is 92.8 cm³/mol. The molecule has 1 atom stereocenters. The van der Waals surface area contributed by atoms with E-state index in [1.165, 1.54) is 24.3 Å². The first-order valence-electron chi connectivity index (χ1n) is 7.75. The first-order valence-corrected chi connectivity index (χ1v) is 7.75. The summed E-state index contributed by atoms with van der Waals surface area (Å²) in [4.78, 5) is 14.5. The van der Waals surface area contributed by atoms with E-state index in [4.69, 9.17) is 15.2 Å². The summed E-state index contributed by atoms with van der Waals surface area (Å²) < 4.78 is 10.7. The number of nitrogens with one attached hydrogen (secondary N) is 1. The molecule has 0 unspecified atom stereocenters. The quantitative estimate of drug-likeness (QED) is 0.491. The maximum Gasteiger partial charge on any atom is 0.269 e. The third-order valence-electron chi connectivity index (χ3n) is 3.70. The molecule has 9 heteroatoms. The number of aromatic nitrogens is 3. The molecule has 3 aromatic rings. The van der Waals surface area contributed by atoms with Crippen molar-refractivity contribution >= 4 is 5.69 Å². The number of ether oxygens (including phenoxy) is 2. The third-order valence-corrected chi connectivity index (χ3v) is 3.70. The molecule has 1 heterocycles. The second-order valence-corrected chi connectivity index (χ2v) is 5.43. The average Bonchev–Trinajstić information content (AvgIpc) is 3.15. The van der Waals surface area contributed by atoms with E-state index >= 15 is 0 Å². The lowest BCUT2D eigenvalue weighted by molar-refractivity contribution is -0.384. The third kappa shape index (κ3) is 3.95. The Morgan fingerprint density at radius 1 is 1.23 bits per heavy atom. The fourth-order valence-electron chi connectivity index (χ4n) is 2.31. The number of methoxy groups -OCH3 is 1. The molecule has 0 aliphatic heterocycles. The second kappa shape index (κ2) is 7.62. The molecule has 0 saturated carbocycles. The van der Waals surface area contributed by atoms with Gasteiger partial charge in [0, 0.05) is 12.1 Å². The zero-order valence-corrected chi connectivity index (χ0v) is 14.0. The summed E-state index contributed by atoms with van der Waals surface area (Å²) in [7, 11) is 1.59. The highest BCUT2D eigenvalue weighted by Crippen LogP contribution is 2.21. The summed E-state index contributed by atoms with van der Waals surface area (Å²) in [6.45, 7) is 0.135. The molecule has 2 aromatic carbocycles. The Morgan fingerprint density at radius 2 is 2.00 bits per heavy atom. The van der Waals surface area contributed by atoms with Gasteiger partial charge in [0.15, 0.2) is 11.6 Å². The van der Waals surface area contributed by atoms with Crippen LogP contribution in [0.5, 0.6) is 11.5 Å². The van der Waals surface area contributed by atoms with Crippen molar-refractivity contribution in [3.63, 3.8) is 0 Å². The molecule has 0 amide bonds. The summed E-state index contributed by atoms with van der Waals surface area (Å²) in [5.74, 6) is 2.12. The van der Waals surface area contributed by atoms with Gasteiger partial charge in [0.25, 0.3) is 5.69 Å². The number of rotatable bonds is 7. The van der Waals surface area contributed by atoms with Crippen LogP contribution in [-0.2, 0) is 6.61 Å². The molecule has 0 bridgehead atoms. The molecule has 9 nitrogen and oxygen atoms in total. The van der Waals surface area contributed by atoms with E-state index in [1.807, 2.05) is 24.3 Å². The van der Waals surface area contributed by atoms with Gasteiger partial charge in [-0.1, -0.05) is 12.1 Å². The number of hydrogen-bond donors (Lipinski definition) is 2. The smallest absolute Gasteiger partial charge is 0.269 e. The number of non-ortho nitro benzene ring substituents is 1. The Labute approximate surface area is 148 Å². The molecule has 0 radical (unpaired) electrons. The monoisotopic (exact) mass is 355 g/mol. The Balaban J connectivity index is 1.64. The lowest BCUT2D eigenvalue weighted by atomic mass is 10.1. The Hall–Kier alpha value is -3.46. The topological polar surface area (TPSA) is 129 Å². The Bertz CT molecular complexity index is 894. The zero-order chi connectivity index (χ0) is 18.5. The molecule has 134 valence electrons. The first kappa shape index (κ1) is 17.4. The molecule has 0 fully saturated rings. The van der Waals surface area contributed by atoms with Gasteiger partial charge < -0.3 is 15.2 Å². The molecule has 0 aliphatic carbocycles. The van der Waals surface area contributed by atoms with E-state index < -0.39 is 11.0 Å². The number of H-pyrrole nitrogens is 1. The van der Waals surface area contributed by atoms with Gasteiger partial charge >= 0.3 is 0 Å². The summed E-state index contributed by atoms with van der Waals surface area (Å²) in [5.41, 5.74) is 7.03. The first-order chi connectivity index (χ1) is 12.6. The van der Waals surface area contributed by atoms with Crippen LogP contribution in [0.25, 0.3) is 0 Å². The van der Waals surface area contributed by atoms with Crippen LogP contribution in [0.4, 0.5) is 5.69 Å². The number of aromatic amines is 1. The van der Waals surface area contributed by atoms with Crippen LogP contribution in [0.3, 0.4) is 0 Å². The van der Waals surface area contributed by atoms with Gasteiger partial charge in [-0.05, 0) is 29.8 Å². The lowest BCUT2D eigenvalue weighted by Gasteiger charge is -2.09. The predicted octanol–water partition coefficient (Wildman–Crippen LogP) is 2.35. The summed E-state index contributed by atoms with van der Waals surface area (Å²) in [5, 5.41) is 17.5. The number of hydrogen-bond acceptors (Lipinski definition) is 7. The van der Waals surface area contributed by atoms with Gasteiger partial charge in [0.2, 0.25) is 0 Å². The van der Waals surface area contributed by atoms with Crippen molar-refractivity contribution in [1.82, 2.24) is 15.2 Å². The van der Waals surface area contributed by atoms with E-state index in [2.05, 4.69) is 15.2 Å². The van der Waals surface area contributed by atoms with Crippen LogP contribution >= 0.6 is 0 Å². The second-order valence-electron chi connectivity index (χ2n) is 5.43. The zero-order valence-electron chi connectivity index (χ0n) is 14.0. The Morgan fingerprint density at radius 3 is 2.69 bits per heavy atom. The number of nitrogens with zero attached hydrogens (tertiary/aromatic N) is 3. The van der Waals surface area contributed by atoms with E-state index in [1.54, 1.807) is 7.11 Å². The van der Waals surface area contributed by atoms with Gasteiger partial charge in [-0.3, -0.25) is 15.2 Å². The van der Waals surface area contributed by atoms with Crippen LogP contribution in [0.2, 0.25) is 0 Å². The van der Waals surface area contributed by atoms with Crippen molar-refractivity contribution in [2.75, 3.05) is 7.11 Å². The minimum Gasteiger partial charge on any atom is -0.497 e. The van der Waals surface area contributed by atoms with Gasteiger partial charge in [-0.15, -0.1) is 0 Å². The van der Waals surface area contributed by atoms with Gasteiger partial charge in [0.1, 0.15) is 18.1 Å². The maximum absolute atomic E-state index is 10.6. The minimum atomic E-state index is -0.505. The van der Waals surface area contributed by atoms with E-state index in [0.717, 1.165) is 5.56 Å². The number of nitrogens with two attached hydrogens (primary N) is 1. The van der Waals surface area contributed by atoms with Gasteiger partial charge in [-0.25, -0.2) is 4.98 Å². The van der Waals surface area contributed by atoms with Gasteiger partial charge in [-0.2, -0.15) is 5.10 Å². The van der Waals surface area contributed by atoms with Crippen molar-refractivity contribution in [3.05, 3.63) is 75.9 Å². The fourth-order valence-corrected chi connectivity index (χ4v) is 2.31. The molecule has 3 rings (SSSR count). The molecule has 1 aromatic heterocycles. The summed E-state index contributed by atoms with van der Waals surface area (Å²) >= 11 is 0. The molecule has 0 spiro atoms. The highest BCUT2D eigenvalue weighted by atomic mass is 16.6. The fraction of sp³-hybridized carbons (Fsp3) is 0.176. The molecular weight excluding hydrogens is 338 g/mol. The van der Waals surface area contributed by atoms with E-state index in [-0.39, 0.29) is 12.3 Å². The molecule has 26 heavy (non-hydrogen) atoms. The van der Waals surface area contributed by atoms with Crippen LogP contribution < -0.4 is 15.2 Å². The van der Waals surface area contributed by atoms with Crippen molar-refractivity contribution in [3.8, 4) is 11.5 Å². The number of nitro benzene ring substituents is 1. The minimum absolute atomic E-state index is 0.00330. The summed E-state index contributed by atoms with van der Waals surface area (Å²) in [6, 6.07) is 12.7. The van der Waals surface area contributed by atoms with Crippen LogP contribution in [0.1, 0.15) is 23.3 Å². The lowest BCUT2D eigenvalue weighted by Crippen LogP contribution is -2.13. The van der Waals surface area contributed by atoms with Crippen molar-refractivity contribution in [2.24, 2.45) is 5.73 Å². The van der Waals surface area contributed by atoms with Crippen molar-refractivity contribution in [1.29, 1.82) is 0 Å². The molecule has 0 saturated heterocycles. The SMILES string of the molecule is COc1cccc([C@H](N)c2n[nH]c(COc3ccc([N+](=O)[O-])cc3)n2)c1. The van der Waals surface area contributed by atoms with Crippen molar-refractivity contribution < 1.29 is 14.4 Å². The molecular formula is C17H17N5O4. The van der Waals surface area contributed by atoms with Crippen LogP contribution in [-0.4, -0.2) is 27.2 Å². The van der Waals surface area contributed by atoms with Crippen LogP contribution in [0, 0.1) is 10.1 Å². The summed E-state index contributed by atoms with van der Waals surface area (Å²) in [6.07, 6.45) is 0. The van der Waals surface area contributed by atoms with Gasteiger partial charge in [0.05, 0.1) is 18.1 Å². The standard InChI is InChI=1S/C17H17N5O4/c1-25-14-4-2-3-11(9-14)16(18)17-19-15(20-21-17)10-26-13-7-5-12(6-8-13)22(23)24/h2-9,16H,10,18H2,1H3,(H,19,20,21)/t16-/m0/s1. The van der Waals surface area contributed by atoms with Crippen LogP contribution in [0.15, 0.2) is 48.5 Å². The molecule has 0 aliphatic rings. The number of nitro groups is 1. The highest BCUT2D eigenvalue weighted by Gasteiger charge is 2.15. The van der Waals surface area contributed by atoms with Crippen molar-refractivity contribution in [2.45, 2.75) is 12.6 Å². The average molecular weight is 355 g/mol. The van der Waals surface area contributed by atoms with E-state index in [0.29, 0.717) is 23.1 Å². The van der Waals surface area contributed by atoms with E-state index in [9.17, 15) is 10.1 Å². The number of benzene rings is 2. The Kier molecular flexibility index (Phi) is 5.09. The normalized spacial score (nSPS) is 11.8. The maximum atomic E-state index is 10.6. The molecule has 3 N–H and O–H groups in total. The largest absolute Gasteiger partial charge is 0.497 e.